The van der Waals surface area contributed by atoms with Crippen molar-refractivity contribution in [2.24, 2.45) is 0 Å². The fraction of sp³-hybridized carbons (Fsp3) is 0.476. The number of likely N-dealkylation sites (tertiary alicyclic amines) is 1. The highest BCUT2D eigenvalue weighted by Crippen LogP contribution is 2.20. The van der Waals surface area contributed by atoms with E-state index in [4.69, 9.17) is 4.74 Å². The standard InChI is InChI=1S/C21H27NO5/c1-26-15-3-4-19(23)11-9-18-10-12-20(24)22(18)14-13-16-5-7-17(8-6-16)21(25)27-2/h5-9,11,18H,3-4,10,12-15H2,1-2H3/t18-/m0/s1. The number of ketones is 1. The minimum Gasteiger partial charge on any atom is -0.465 e. The summed E-state index contributed by atoms with van der Waals surface area (Å²) in [7, 11) is 2.97. The van der Waals surface area contributed by atoms with Crippen molar-refractivity contribution in [2.75, 3.05) is 27.4 Å². The summed E-state index contributed by atoms with van der Waals surface area (Å²) in [6, 6.07) is 7.17. The molecule has 1 aromatic carbocycles. The summed E-state index contributed by atoms with van der Waals surface area (Å²) in [5, 5.41) is 0. The Hall–Kier alpha value is -2.47. The highest BCUT2D eigenvalue weighted by molar-refractivity contribution is 5.90. The molecule has 1 aromatic rings. The summed E-state index contributed by atoms with van der Waals surface area (Å²) in [5.41, 5.74) is 1.55. The van der Waals surface area contributed by atoms with Crippen LogP contribution in [0.25, 0.3) is 0 Å². The number of allylic oxidation sites excluding steroid dienone is 1. The van der Waals surface area contributed by atoms with Gasteiger partial charge < -0.3 is 14.4 Å². The third-order valence-corrected chi connectivity index (χ3v) is 4.67. The molecule has 1 atom stereocenters. The van der Waals surface area contributed by atoms with Crippen molar-refractivity contribution < 1.29 is 23.9 Å². The highest BCUT2D eigenvalue weighted by Gasteiger charge is 2.28. The van der Waals surface area contributed by atoms with Gasteiger partial charge in [-0.05, 0) is 43.0 Å². The number of hydrogen-bond donors (Lipinski definition) is 0. The van der Waals surface area contributed by atoms with Crippen LogP contribution in [0, 0.1) is 0 Å². The van der Waals surface area contributed by atoms with E-state index in [9.17, 15) is 14.4 Å². The molecule has 0 unspecified atom stereocenters. The van der Waals surface area contributed by atoms with Crippen LogP contribution in [0.15, 0.2) is 36.4 Å². The van der Waals surface area contributed by atoms with E-state index < -0.39 is 0 Å². The van der Waals surface area contributed by atoms with Crippen molar-refractivity contribution in [3.05, 3.63) is 47.5 Å². The average Bonchev–Trinajstić information content (AvgIpc) is 3.04. The first-order valence-corrected chi connectivity index (χ1v) is 9.22. The van der Waals surface area contributed by atoms with Gasteiger partial charge in [0.1, 0.15) is 0 Å². The first-order valence-electron chi connectivity index (χ1n) is 9.22. The molecule has 1 aliphatic heterocycles. The van der Waals surface area contributed by atoms with Crippen LogP contribution in [0.4, 0.5) is 0 Å². The SMILES string of the molecule is COCCCC(=O)C=C[C@H]1CCC(=O)N1CCc1ccc(C(=O)OC)cc1. The molecule has 0 saturated carbocycles. The van der Waals surface area contributed by atoms with E-state index >= 15 is 0 Å². The van der Waals surface area contributed by atoms with Crippen LogP contribution >= 0.6 is 0 Å². The zero-order chi connectivity index (χ0) is 19.6. The lowest BCUT2D eigenvalue weighted by atomic mass is 10.1. The van der Waals surface area contributed by atoms with Crippen LogP contribution in [0.3, 0.4) is 0 Å². The van der Waals surface area contributed by atoms with E-state index in [1.165, 1.54) is 7.11 Å². The van der Waals surface area contributed by atoms with Gasteiger partial charge in [0.2, 0.25) is 5.91 Å². The van der Waals surface area contributed by atoms with Gasteiger partial charge in [-0.25, -0.2) is 4.79 Å². The highest BCUT2D eigenvalue weighted by atomic mass is 16.5. The maximum Gasteiger partial charge on any atom is 0.337 e. The Bertz CT molecular complexity index is 680. The number of esters is 1. The molecule has 146 valence electrons. The Morgan fingerprint density at radius 2 is 1.96 bits per heavy atom. The average molecular weight is 373 g/mol. The molecule has 6 heteroatoms. The monoisotopic (exact) mass is 373 g/mol. The molecule has 0 radical (unpaired) electrons. The van der Waals surface area contributed by atoms with Gasteiger partial charge >= 0.3 is 5.97 Å². The lowest BCUT2D eigenvalue weighted by Gasteiger charge is -2.22. The smallest absolute Gasteiger partial charge is 0.337 e. The van der Waals surface area contributed by atoms with Gasteiger partial charge in [-0.1, -0.05) is 18.2 Å². The van der Waals surface area contributed by atoms with Crippen LogP contribution in [-0.4, -0.2) is 56.0 Å². The number of benzene rings is 1. The molecule has 1 heterocycles. The summed E-state index contributed by atoms with van der Waals surface area (Å²) in [6.45, 7) is 1.16. The van der Waals surface area contributed by atoms with Crippen LogP contribution in [0.5, 0.6) is 0 Å². The number of methoxy groups -OCH3 is 2. The Morgan fingerprint density at radius 1 is 1.22 bits per heavy atom. The predicted molar refractivity (Wildman–Crippen MR) is 101 cm³/mol. The molecular formula is C21H27NO5. The summed E-state index contributed by atoms with van der Waals surface area (Å²) >= 11 is 0. The van der Waals surface area contributed by atoms with Crippen molar-refractivity contribution in [2.45, 2.75) is 38.1 Å². The fourth-order valence-corrected chi connectivity index (χ4v) is 3.11. The molecule has 2 rings (SSSR count). The topological polar surface area (TPSA) is 72.9 Å². The number of amides is 1. The lowest BCUT2D eigenvalue weighted by Crippen LogP contribution is -2.33. The van der Waals surface area contributed by atoms with Crippen molar-refractivity contribution in [1.82, 2.24) is 4.90 Å². The lowest BCUT2D eigenvalue weighted by molar-refractivity contribution is -0.128. The minimum absolute atomic E-state index is 0.0294. The van der Waals surface area contributed by atoms with Gasteiger partial charge in [0, 0.05) is 33.1 Å². The number of ether oxygens (including phenoxy) is 2. The molecule has 0 bridgehead atoms. The van der Waals surface area contributed by atoms with Gasteiger partial charge in [0.15, 0.2) is 5.78 Å². The number of carbonyl (C=O) groups excluding carboxylic acids is 3. The Balaban J connectivity index is 1.88. The molecule has 0 aromatic heterocycles. The summed E-state index contributed by atoms with van der Waals surface area (Å²) in [5.74, 6) is -0.191. The van der Waals surface area contributed by atoms with Crippen LogP contribution in [-0.2, 0) is 25.5 Å². The first-order chi connectivity index (χ1) is 13.0. The molecule has 1 amide bonds. The number of nitrogens with zero attached hydrogens (tertiary/aromatic N) is 1. The molecule has 27 heavy (non-hydrogen) atoms. The summed E-state index contributed by atoms with van der Waals surface area (Å²) in [4.78, 5) is 37.3. The van der Waals surface area contributed by atoms with E-state index in [0.717, 1.165) is 12.0 Å². The number of rotatable bonds is 10. The summed E-state index contributed by atoms with van der Waals surface area (Å²) < 4.78 is 9.64. The Morgan fingerprint density at radius 3 is 2.63 bits per heavy atom. The fourth-order valence-electron chi connectivity index (χ4n) is 3.11. The second kappa shape index (κ2) is 10.6. The van der Waals surface area contributed by atoms with Gasteiger partial charge in [-0.2, -0.15) is 0 Å². The quantitative estimate of drug-likeness (QED) is 0.358. The third-order valence-electron chi connectivity index (χ3n) is 4.67. The van der Waals surface area contributed by atoms with Crippen LogP contribution < -0.4 is 0 Å². The zero-order valence-electron chi connectivity index (χ0n) is 16.0. The largest absolute Gasteiger partial charge is 0.465 e. The third kappa shape index (κ3) is 6.32. The van der Waals surface area contributed by atoms with E-state index in [1.807, 2.05) is 23.1 Å². The number of hydrogen-bond acceptors (Lipinski definition) is 5. The van der Waals surface area contributed by atoms with Crippen molar-refractivity contribution >= 4 is 17.7 Å². The van der Waals surface area contributed by atoms with E-state index in [1.54, 1.807) is 25.3 Å². The first kappa shape index (κ1) is 20.8. The summed E-state index contributed by atoms with van der Waals surface area (Å²) in [6.07, 6.45) is 6.54. The number of carbonyl (C=O) groups is 3. The van der Waals surface area contributed by atoms with Crippen LogP contribution in [0.1, 0.15) is 41.6 Å². The minimum atomic E-state index is -0.364. The maximum atomic E-state index is 12.2. The molecular weight excluding hydrogens is 346 g/mol. The molecule has 0 N–H and O–H groups in total. The Labute approximate surface area is 160 Å². The molecule has 1 aliphatic rings. The second-order valence-electron chi connectivity index (χ2n) is 6.55. The molecule has 0 spiro atoms. The van der Waals surface area contributed by atoms with Gasteiger partial charge in [-0.3, -0.25) is 9.59 Å². The molecule has 0 aliphatic carbocycles. The van der Waals surface area contributed by atoms with Gasteiger partial charge in [0.25, 0.3) is 0 Å². The zero-order valence-corrected chi connectivity index (χ0v) is 16.0. The van der Waals surface area contributed by atoms with E-state index in [-0.39, 0.29) is 23.7 Å². The van der Waals surface area contributed by atoms with Crippen LogP contribution in [0.2, 0.25) is 0 Å². The maximum absolute atomic E-state index is 12.2. The molecule has 6 nitrogen and oxygen atoms in total. The normalized spacial score (nSPS) is 16.9. The van der Waals surface area contributed by atoms with E-state index in [2.05, 4.69) is 4.74 Å². The van der Waals surface area contributed by atoms with Gasteiger partial charge in [0.05, 0.1) is 18.7 Å². The van der Waals surface area contributed by atoms with E-state index in [0.29, 0.717) is 44.4 Å². The molecule has 1 saturated heterocycles. The second-order valence-corrected chi connectivity index (χ2v) is 6.55. The Kier molecular flexibility index (Phi) is 8.20. The van der Waals surface area contributed by atoms with Crippen molar-refractivity contribution in [1.29, 1.82) is 0 Å². The van der Waals surface area contributed by atoms with Crippen molar-refractivity contribution in [3.63, 3.8) is 0 Å². The molecule has 1 fully saturated rings. The van der Waals surface area contributed by atoms with Crippen molar-refractivity contribution in [3.8, 4) is 0 Å². The van der Waals surface area contributed by atoms with Gasteiger partial charge in [-0.15, -0.1) is 0 Å². The predicted octanol–water partition coefficient (Wildman–Crippen LogP) is 2.56.